The zero-order valence-corrected chi connectivity index (χ0v) is 11.2. The maximum absolute atomic E-state index is 11.8. The number of H-pyrrole nitrogens is 1. The first-order valence-corrected chi connectivity index (χ1v) is 6.81. The van der Waals surface area contributed by atoms with E-state index in [1.54, 1.807) is 4.68 Å². The third kappa shape index (κ3) is 2.81. The molecule has 6 nitrogen and oxygen atoms in total. The van der Waals surface area contributed by atoms with Gasteiger partial charge in [-0.2, -0.15) is 0 Å². The molecule has 1 fully saturated rings. The minimum absolute atomic E-state index is 0.335. The minimum Gasteiger partial charge on any atom is -0.379 e. The summed E-state index contributed by atoms with van der Waals surface area (Å²) < 4.78 is 12.0. The van der Waals surface area contributed by atoms with Gasteiger partial charge in [0.05, 0.1) is 25.3 Å². The Bertz CT molecular complexity index is 600. The van der Waals surface area contributed by atoms with Crippen molar-refractivity contribution in [2.24, 2.45) is 0 Å². The second kappa shape index (κ2) is 6.02. The van der Waals surface area contributed by atoms with Crippen LogP contribution in [0.5, 0.6) is 0 Å². The normalized spacial score (nSPS) is 16.4. The van der Waals surface area contributed by atoms with Crippen LogP contribution in [0.3, 0.4) is 0 Å². The van der Waals surface area contributed by atoms with Gasteiger partial charge in [-0.1, -0.05) is 22.9 Å². The molecule has 0 unspecified atom stereocenters. The van der Waals surface area contributed by atoms with Crippen LogP contribution in [0.2, 0.25) is 0 Å². The summed E-state index contributed by atoms with van der Waals surface area (Å²) in [5.74, 6) is 0. The van der Waals surface area contributed by atoms with E-state index in [4.69, 9.17) is 9.26 Å². The summed E-state index contributed by atoms with van der Waals surface area (Å²) in [6.45, 7) is 4.97. The molecule has 20 heavy (non-hydrogen) atoms. The Morgan fingerprint density at radius 3 is 2.70 bits per heavy atom. The van der Waals surface area contributed by atoms with E-state index in [0.29, 0.717) is 12.2 Å². The molecule has 2 aromatic rings. The van der Waals surface area contributed by atoms with Crippen molar-refractivity contribution in [3.63, 3.8) is 0 Å². The van der Waals surface area contributed by atoms with Gasteiger partial charge in [0.15, 0.2) is 6.54 Å². The summed E-state index contributed by atoms with van der Waals surface area (Å²) in [7, 11) is 0. The minimum atomic E-state index is -0.335. The van der Waals surface area contributed by atoms with Gasteiger partial charge in [0.25, 0.3) is 0 Å². The zero-order valence-electron chi connectivity index (χ0n) is 11.2. The van der Waals surface area contributed by atoms with E-state index in [9.17, 15) is 4.79 Å². The number of benzene rings is 1. The van der Waals surface area contributed by atoms with E-state index in [1.165, 1.54) is 0 Å². The maximum Gasteiger partial charge on any atom is 0.435 e. The Morgan fingerprint density at radius 2 is 1.95 bits per heavy atom. The summed E-state index contributed by atoms with van der Waals surface area (Å²) >= 11 is 0. The molecule has 6 heteroatoms. The van der Waals surface area contributed by atoms with Crippen molar-refractivity contribution >= 4 is 0 Å². The van der Waals surface area contributed by atoms with Gasteiger partial charge in [-0.15, -0.1) is 0 Å². The van der Waals surface area contributed by atoms with Crippen LogP contribution in [-0.4, -0.2) is 43.0 Å². The van der Waals surface area contributed by atoms with Crippen LogP contribution < -0.4 is 10.3 Å². The van der Waals surface area contributed by atoms with Gasteiger partial charge in [0.1, 0.15) is 0 Å². The van der Waals surface area contributed by atoms with Crippen LogP contribution in [0.1, 0.15) is 0 Å². The predicted octanol–water partition coefficient (Wildman–Crippen LogP) is 0.255. The standard InChI is InChI=1S/C14H17N3O3/c18-14-13(12-4-2-1-3-5-12)17(15-20-14)7-6-16-8-10-19-11-9-16/h1-5H,6-11H2/p+1. The molecule has 0 spiro atoms. The van der Waals surface area contributed by atoms with Crippen molar-refractivity contribution in [3.8, 4) is 11.3 Å². The van der Waals surface area contributed by atoms with Gasteiger partial charge in [0, 0.05) is 13.1 Å². The third-order valence-corrected chi connectivity index (χ3v) is 3.50. The lowest BCUT2D eigenvalue weighted by molar-refractivity contribution is -0.752. The molecular weight excluding hydrogens is 258 g/mol. The van der Waals surface area contributed by atoms with Crippen LogP contribution in [0.4, 0.5) is 0 Å². The largest absolute Gasteiger partial charge is 0.435 e. The molecule has 1 aliphatic rings. The molecular formula is C14H18N3O3+. The van der Waals surface area contributed by atoms with Crippen LogP contribution in [-0.2, 0) is 11.3 Å². The van der Waals surface area contributed by atoms with Gasteiger partial charge in [-0.25, -0.2) is 4.79 Å². The van der Waals surface area contributed by atoms with Crippen molar-refractivity contribution in [3.05, 3.63) is 40.8 Å². The first-order chi connectivity index (χ1) is 9.84. The number of aromatic amines is 1. The number of aromatic nitrogens is 2. The predicted molar refractivity (Wildman–Crippen MR) is 72.2 cm³/mol. The number of hydrogen-bond acceptors (Lipinski definition) is 4. The van der Waals surface area contributed by atoms with Crippen LogP contribution >= 0.6 is 0 Å². The lowest BCUT2D eigenvalue weighted by Gasteiger charge is -2.24. The Hall–Kier alpha value is -1.92. The third-order valence-electron chi connectivity index (χ3n) is 3.50. The molecule has 0 aliphatic carbocycles. The van der Waals surface area contributed by atoms with Crippen molar-refractivity contribution in [1.82, 2.24) is 10.2 Å². The summed E-state index contributed by atoms with van der Waals surface area (Å²) in [6.07, 6.45) is 0. The molecule has 1 saturated heterocycles. The summed E-state index contributed by atoms with van der Waals surface area (Å²) in [6, 6.07) is 9.56. The van der Waals surface area contributed by atoms with Crippen LogP contribution in [0.25, 0.3) is 11.3 Å². The molecule has 1 aliphatic heterocycles. The molecule has 0 amide bonds. The molecule has 0 atom stereocenters. The number of hydrogen-bond donors (Lipinski definition) is 1. The van der Waals surface area contributed by atoms with Gasteiger partial charge >= 0.3 is 11.3 Å². The lowest BCUT2D eigenvalue weighted by atomic mass is 10.2. The fourth-order valence-electron chi connectivity index (χ4n) is 2.39. The van der Waals surface area contributed by atoms with E-state index in [2.05, 4.69) is 10.2 Å². The maximum atomic E-state index is 11.8. The van der Waals surface area contributed by atoms with Gasteiger partial charge in [0.2, 0.25) is 0 Å². The van der Waals surface area contributed by atoms with E-state index in [0.717, 1.165) is 38.4 Å². The zero-order chi connectivity index (χ0) is 13.8. The van der Waals surface area contributed by atoms with Crippen molar-refractivity contribution in [1.29, 1.82) is 0 Å². The Balaban J connectivity index is 1.75. The SMILES string of the molecule is O=c1o[nH][n+](CCN2CCOCC2)c1-c1ccccc1. The van der Waals surface area contributed by atoms with E-state index in [1.807, 2.05) is 30.3 Å². The summed E-state index contributed by atoms with van der Waals surface area (Å²) in [5, 5.41) is 2.68. The quantitative estimate of drug-likeness (QED) is 0.813. The highest BCUT2D eigenvalue weighted by molar-refractivity contribution is 5.53. The van der Waals surface area contributed by atoms with Crippen molar-refractivity contribution in [2.75, 3.05) is 32.8 Å². The van der Waals surface area contributed by atoms with Gasteiger partial charge in [-0.3, -0.25) is 9.42 Å². The molecule has 3 rings (SSSR count). The van der Waals surface area contributed by atoms with E-state index >= 15 is 0 Å². The fourth-order valence-corrected chi connectivity index (χ4v) is 2.39. The molecule has 2 heterocycles. The molecule has 1 aromatic carbocycles. The second-order valence-corrected chi connectivity index (χ2v) is 4.80. The number of nitrogens with zero attached hydrogens (tertiary/aromatic N) is 2. The molecule has 1 aromatic heterocycles. The number of ether oxygens (including phenoxy) is 1. The van der Waals surface area contributed by atoms with Gasteiger partial charge in [-0.05, 0) is 17.4 Å². The second-order valence-electron chi connectivity index (χ2n) is 4.80. The number of rotatable bonds is 4. The number of morpholine rings is 1. The molecule has 106 valence electrons. The molecule has 0 saturated carbocycles. The van der Waals surface area contributed by atoms with Crippen LogP contribution in [0.15, 0.2) is 39.6 Å². The summed E-state index contributed by atoms with van der Waals surface area (Å²) in [4.78, 5) is 14.2. The molecule has 1 N–H and O–H groups in total. The van der Waals surface area contributed by atoms with E-state index in [-0.39, 0.29) is 5.63 Å². The topological polar surface area (TPSA) is 62.4 Å². The Morgan fingerprint density at radius 1 is 1.20 bits per heavy atom. The number of nitrogens with one attached hydrogen (secondary N) is 1. The fraction of sp³-hybridized carbons (Fsp3) is 0.429. The summed E-state index contributed by atoms with van der Waals surface area (Å²) in [5.41, 5.74) is 1.10. The Kier molecular flexibility index (Phi) is 3.94. The Labute approximate surface area is 116 Å². The highest BCUT2D eigenvalue weighted by atomic mass is 16.5. The average Bonchev–Trinajstić information content (AvgIpc) is 2.88. The molecule has 0 radical (unpaired) electrons. The van der Waals surface area contributed by atoms with E-state index < -0.39 is 0 Å². The lowest BCUT2D eigenvalue weighted by Crippen LogP contribution is -2.46. The van der Waals surface area contributed by atoms with Crippen molar-refractivity contribution < 1.29 is 13.9 Å². The average molecular weight is 276 g/mol. The van der Waals surface area contributed by atoms with Crippen LogP contribution in [0, 0.1) is 0 Å². The first kappa shape index (κ1) is 13.1. The van der Waals surface area contributed by atoms with Crippen molar-refractivity contribution in [2.45, 2.75) is 6.54 Å². The van der Waals surface area contributed by atoms with Gasteiger partial charge < -0.3 is 4.74 Å². The highest BCUT2D eigenvalue weighted by Gasteiger charge is 2.23. The highest BCUT2D eigenvalue weighted by Crippen LogP contribution is 2.10. The molecule has 0 bridgehead atoms. The smallest absolute Gasteiger partial charge is 0.379 e. The first-order valence-electron chi connectivity index (χ1n) is 6.81. The monoisotopic (exact) mass is 276 g/mol.